The summed E-state index contributed by atoms with van der Waals surface area (Å²) in [6.45, 7) is 1.53. The smallest absolute Gasteiger partial charge is 0.306 e. The van der Waals surface area contributed by atoms with Gasteiger partial charge in [-0.3, -0.25) is 9.59 Å². The van der Waals surface area contributed by atoms with Gasteiger partial charge in [-0.05, 0) is 28.1 Å². The monoisotopic (exact) mass is 276 g/mol. The molecule has 0 aromatic carbocycles. The predicted molar refractivity (Wildman–Crippen MR) is 57.8 cm³/mol. The third kappa shape index (κ3) is 2.92. The van der Waals surface area contributed by atoms with Crippen LogP contribution < -0.4 is 0 Å². The normalized spacial score (nSPS) is 12.4. The van der Waals surface area contributed by atoms with Gasteiger partial charge in [0.25, 0.3) is 0 Å². The van der Waals surface area contributed by atoms with E-state index < -0.39 is 11.9 Å². The van der Waals surface area contributed by atoms with Gasteiger partial charge in [-0.15, -0.1) is 11.3 Å². The Hall–Kier alpha value is -0.680. The van der Waals surface area contributed by atoms with Crippen molar-refractivity contribution >= 4 is 39.0 Å². The molecule has 0 amide bonds. The molecule has 1 atom stereocenters. The van der Waals surface area contributed by atoms with Crippen LogP contribution in [0.2, 0.25) is 0 Å². The molecule has 0 saturated carbocycles. The van der Waals surface area contributed by atoms with Crippen molar-refractivity contribution < 1.29 is 14.7 Å². The first-order chi connectivity index (χ1) is 6.50. The minimum Gasteiger partial charge on any atom is -0.481 e. The Morgan fingerprint density at radius 3 is 2.64 bits per heavy atom. The van der Waals surface area contributed by atoms with E-state index in [9.17, 15) is 9.59 Å². The number of carbonyl (C=O) groups is 2. The van der Waals surface area contributed by atoms with E-state index in [1.807, 2.05) is 0 Å². The number of thiophene rings is 1. The number of rotatable bonds is 4. The third-order valence-electron chi connectivity index (χ3n) is 1.76. The molecule has 0 saturated heterocycles. The molecule has 0 aliphatic rings. The zero-order chi connectivity index (χ0) is 10.7. The lowest BCUT2D eigenvalue weighted by molar-refractivity contribution is -0.141. The molecule has 0 radical (unpaired) electrons. The zero-order valence-electron chi connectivity index (χ0n) is 7.49. The molecule has 0 bridgehead atoms. The number of carboxylic acid groups (broad SMARTS) is 1. The number of Topliss-reactive ketones (excluding diaryl/α,β-unsaturated/α-hetero) is 1. The van der Waals surface area contributed by atoms with Crippen LogP contribution in [0.1, 0.15) is 23.0 Å². The highest BCUT2D eigenvalue weighted by atomic mass is 79.9. The molecule has 3 nitrogen and oxygen atoms in total. The van der Waals surface area contributed by atoms with Gasteiger partial charge in [0.05, 0.1) is 14.6 Å². The van der Waals surface area contributed by atoms with E-state index in [2.05, 4.69) is 15.9 Å². The van der Waals surface area contributed by atoms with E-state index in [4.69, 9.17) is 5.11 Å². The first-order valence-corrected chi connectivity index (χ1v) is 5.63. The van der Waals surface area contributed by atoms with Gasteiger partial charge in [-0.2, -0.15) is 0 Å². The fourth-order valence-electron chi connectivity index (χ4n) is 0.930. The van der Waals surface area contributed by atoms with Gasteiger partial charge in [0.1, 0.15) is 0 Å². The average molecular weight is 277 g/mol. The number of hydrogen-bond donors (Lipinski definition) is 1. The van der Waals surface area contributed by atoms with Crippen molar-refractivity contribution in [3.05, 3.63) is 20.8 Å². The predicted octanol–water partition coefficient (Wildman–Crippen LogP) is 2.80. The maximum Gasteiger partial charge on any atom is 0.306 e. The highest BCUT2D eigenvalue weighted by Gasteiger charge is 2.17. The summed E-state index contributed by atoms with van der Waals surface area (Å²) in [5, 5.41) is 8.62. The van der Waals surface area contributed by atoms with Crippen LogP contribution in [0.4, 0.5) is 0 Å². The molecule has 14 heavy (non-hydrogen) atoms. The van der Waals surface area contributed by atoms with Crippen molar-refractivity contribution in [2.24, 2.45) is 5.92 Å². The van der Waals surface area contributed by atoms with E-state index in [0.29, 0.717) is 4.88 Å². The summed E-state index contributed by atoms with van der Waals surface area (Å²) in [5.74, 6) is -1.67. The number of carbonyl (C=O) groups excluding carboxylic acids is 1. The topological polar surface area (TPSA) is 54.4 Å². The Bertz CT molecular complexity index is 359. The summed E-state index contributed by atoms with van der Waals surface area (Å²) in [7, 11) is 0. The van der Waals surface area contributed by atoms with Crippen molar-refractivity contribution in [2.75, 3.05) is 0 Å². The van der Waals surface area contributed by atoms with Crippen LogP contribution >= 0.6 is 27.3 Å². The number of halogens is 1. The van der Waals surface area contributed by atoms with E-state index in [1.165, 1.54) is 18.3 Å². The molecule has 1 unspecified atom stereocenters. The summed E-state index contributed by atoms with van der Waals surface area (Å²) in [6, 6.07) is 3.48. The molecular weight excluding hydrogens is 268 g/mol. The zero-order valence-corrected chi connectivity index (χ0v) is 9.89. The van der Waals surface area contributed by atoms with Crippen molar-refractivity contribution in [3.8, 4) is 0 Å². The molecule has 0 aliphatic heterocycles. The maximum absolute atomic E-state index is 11.5. The second-order valence-corrected chi connectivity index (χ2v) is 5.43. The lowest BCUT2D eigenvalue weighted by atomic mass is 10.0. The lowest BCUT2D eigenvalue weighted by Gasteiger charge is -2.02. The highest BCUT2D eigenvalue weighted by Crippen LogP contribution is 2.24. The van der Waals surface area contributed by atoms with E-state index in [1.54, 1.807) is 12.1 Å². The van der Waals surface area contributed by atoms with Crippen LogP contribution in [0.5, 0.6) is 0 Å². The van der Waals surface area contributed by atoms with Crippen molar-refractivity contribution in [3.63, 3.8) is 0 Å². The van der Waals surface area contributed by atoms with Gasteiger partial charge in [-0.1, -0.05) is 6.92 Å². The number of hydrogen-bond acceptors (Lipinski definition) is 3. The molecule has 0 fully saturated rings. The van der Waals surface area contributed by atoms with Gasteiger partial charge < -0.3 is 5.11 Å². The third-order valence-corrected chi connectivity index (χ3v) is 3.43. The second-order valence-electron chi connectivity index (χ2n) is 2.97. The number of ketones is 1. The molecule has 0 spiro atoms. The van der Waals surface area contributed by atoms with E-state index in [-0.39, 0.29) is 12.2 Å². The lowest BCUT2D eigenvalue weighted by Crippen LogP contribution is -2.13. The molecule has 1 aromatic heterocycles. The fourth-order valence-corrected chi connectivity index (χ4v) is 2.26. The molecule has 0 aliphatic carbocycles. The Kier molecular flexibility index (Phi) is 3.83. The van der Waals surface area contributed by atoms with Crippen molar-refractivity contribution in [1.82, 2.24) is 0 Å². The van der Waals surface area contributed by atoms with Crippen LogP contribution in [0, 0.1) is 5.92 Å². The van der Waals surface area contributed by atoms with Crippen LogP contribution in [0.25, 0.3) is 0 Å². The molecular formula is C9H9BrO3S. The van der Waals surface area contributed by atoms with Crippen molar-refractivity contribution in [1.29, 1.82) is 0 Å². The highest BCUT2D eigenvalue weighted by molar-refractivity contribution is 9.11. The van der Waals surface area contributed by atoms with Crippen LogP contribution in [0.15, 0.2) is 15.9 Å². The Morgan fingerprint density at radius 1 is 1.57 bits per heavy atom. The summed E-state index contributed by atoms with van der Waals surface area (Å²) < 4.78 is 0.879. The fraction of sp³-hybridized carbons (Fsp3) is 0.333. The van der Waals surface area contributed by atoms with Gasteiger partial charge >= 0.3 is 5.97 Å². The van der Waals surface area contributed by atoms with Crippen LogP contribution in [0.3, 0.4) is 0 Å². The number of carboxylic acids is 1. The first kappa shape index (κ1) is 11.4. The quantitative estimate of drug-likeness (QED) is 0.861. The van der Waals surface area contributed by atoms with Crippen molar-refractivity contribution in [2.45, 2.75) is 13.3 Å². The maximum atomic E-state index is 11.5. The SMILES string of the molecule is CC(CC(=O)c1ccc(Br)s1)C(=O)O. The molecule has 5 heteroatoms. The van der Waals surface area contributed by atoms with Crippen LogP contribution in [-0.2, 0) is 4.79 Å². The molecule has 1 rings (SSSR count). The summed E-state index contributed by atoms with van der Waals surface area (Å²) in [4.78, 5) is 22.6. The van der Waals surface area contributed by atoms with E-state index in [0.717, 1.165) is 3.79 Å². The molecule has 1 heterocycles. The van der Waals surface area contributed by atoms with Gasteiger partial charge in [0, 0.05) is 6.42 Å². The molecule has 76 valence electrons. The van der Waals surface area contributed by atoms with Gasteiger partial charge in [0.2, 0.25) is 0 Å². The minimum atomic E-state index is -0.936. The molecule has 1 N–H and O–H groups in total. The summed E-state index contributed by atoms with van der Waals surface area (Å²) >= 11 is 4.57. The summed E-state index contributed by atoms with van der Waals surface area (Å²) in [6.07, 6.45) is 0.0578. The van der Waals surface area contributed by atoms with Gasteiger partial charge in [0.15, 0.2) is 5.78 Å². The first-order valence-electron chi connectivity index (χ1n) is 4.02. The average Bonchev–Trinajstić information content (AvgIpc) is 2.51. The van der Waals surface area contributed by atoms with Gasteiger partial charge in [-0.25, -0.2) is 0 Å². The minimum absolute atomic E-state index is 0.0578. The summed E-state index contributed by atoms with van der Waals surface area (Å²) in [5.41, 5.74) is 0. The Labute approximate surface area is 93.9 Å². The van der Waals surface area contributed by atoms with Crippen LogP contribution in [-0.4, -0.2) is 16.9 Å². The number of aliphatic carboxylic acids is 1. The largest absolute Gasteiger partial charge is 0.481 e. The molecule has 1 aromatic rings. The Morgan fingerprint density at radius 2 is 2.21 bits per heavy atom. The second kappa shape index (κ2) is 4.70. The van der Waals surface area contributed by atoms with E-state index >= 15 is 0 Å². The Balaban J connectivity index is 2.63. The standard InChI is InChI=1S/C9H9BrO3S/c1-5(9(12)13)4-6(11)7-2-3-8(10)14-7/h2-3,5H,4H2,1H3,(H,12,13).